The Morgan fingerprint density at radius 1 is 1.62 bits per heavy atom. The first kappa shape index (κ1) is 14.2. The summed E-state index contributed by atoms with van der Waals surface area (Å²) in [5, 5.41) is 11.9. The molecule has 90 valence electrons. The van der Waals surface area contributed by atoms with E-state index in [0.717, 1.165) is 14.7 Å². The van der Waals surface area contributed by atoms with Crippen LogP contribution in [-0.4, -0.2) is 23.7 Å². The predicted molar refractivity (Wildman–Crippen MR) is 73.0 cm³/mol. The van der Waals surface area contributed by atoms with Crippen molar-refractivity contribution in [3.63, 3.8) is 0 Å². The van der Waals surface area contributed by atoms with Gasteiger partial charge in [-0.1, -0.05) is 0 Å². The van der Waals surface area contributed by atoms with Crippen LogP contribution in [0.15, 0.2) is 14.3 Å². The van der Waals surface area contributed by atoms with Crippen molar-refractivity contribution < 1.29 is 9.90 Å². The lowest BCUT2D eigenvalue weighted by atomic mass is 10.2. The number of aliphatic hydroxyl groups excluding tert-OH is 1. The number of amides is 1. The van der Waals surface area contributed by atoms with Crippen LogP contribution in [0.5, 0.6) is 0 Å². The zero-order valence-corrected chi connectivity index (χ0v) is 12.8. The molecule has 1 atom stereocenters. The Morgan fingerprint density at radius 3 is 2.81 bits per heavy atom. The molecule has 1 amide bonds. The first-order chi connectivity index (χ1) is 7.50. The zero-order chi connectivity index (χ0) is 12.1. The molecule has 0 saturated carbocycles. The molecule has 1 heterocycles. The molecule has 16 heavy (non-hydrogen) atoms. The van der Waals surface area contributed by atoms with Crippen LogP contribution in [0.3, 0.4) is 0 Å². The maximum absolute atomic E-state index is 11.7. The number of carbonyl (C=O) groups excluding carboxylic acids is 1. The highest BCUT2D eigenvalue weighted by atomic mass is 79.9. The molecule has 3 nitrogen and oxygen atoms in total. The minimum Gasteiger partial charge on any atom is -0.393 e. The molecular weight excluding hydrogens is 358 g/mol. The van der Waals surface area contributed by atoms with Gasteiger partial charge in [0.15, 0.2) is 0 Å². The Labute approximate surface area is 116 Å². The summed E-state index contributed by atoms with van der Waals surface area (Å²) in [6, 6.07) is 1.79. The van der Waals surface area contributed by atoms with E-state index in [0.29, 0.717) is 17.8 Å². The second kappa shape index (κ2) is 6.74. The average Bonchev–Trinajstić information content (AvgIpc) is 2.54. The molecule has 0 aliphatic rings. The van der Waals surface area contributed by atoms with Gasteiger partial charge in [-0.25, -0.2) is 0 Å². The zero-order valence-electron chi connectivity index (χ0n) is 8.80. The monoisotopic (exact) mass is 369 g/mol. The third kappa shape index (κ3) is 4.53. The molecule has 0 aliphatic heterocycles. The second-order valence-corrected chi connectivity index (χ2v) is 6.70. The number of hydrogen-bond acceptors (Lipinski definition) is 3. The van der Waals surface area contributed by atoms with E-state index in [9.17, 15) is 4.79 Å². The summed E-state index contributed by atoms with van der Waals surface area (Å²) in [5.74, 6) is -0.0676. The van der Waals surface area contributed by atoms with Crippen molar-refractivity contribution in [1.29, 1.82) is 0 Å². The molecule has 0 saturated heterocycles. The lowest BCUT2D eigenvalue weighted by Crippen LogP contribution is -2.24. The molecule has 1 aromatic rings. The lowest BCUT2D eigenvalue weighted by Gasteiger charge is -2.04. The number of hydrogen-bond donors (Lipinski definition) is 2. The van der Waals surface area contributed by atoms with Crippen LogP contribution in [0.2, 0.25) is 0 Å². The summed E-state index contributed by atoms with van der Waals surface area (Å²) in [5.41, 5.74) is 0. The third-order valence-electron chi connectivity index (χ3n) is 1.95. The van der Waals surface area contributed by atoms with Crippen molar-refractivity contribution in [2.45, 2.75) is 25.9 Å². The van der Waals surface area contributed by atoms with Gasteiger partial charge in [-0.2, -0.15) is 0 Å². The highest BCUT2D eigenvalue weighted by Gasteiger charge is 2.11. The summed E-state index contributed by atoms with van der Waals surface area (Å²) in [6.07, 6.45) is 1.19. The van der Waals surface area contributed by atoms with Gasteiger partial charge in [-0.05, 0) is 57.7 Å². The molecule has 1 rings (SSSR count). The fourth-order valence-electron chi connectivity index (χ4n) is 1.14. The maximum atomic E-state index is 11.7. The second-order valence-electron chi connectivity index (χ2n) is 3.48. The van der Waals surface area contributed by atoms with E-state index >= 15 is 0 Å². The van der Waals surface area contributed by atoms with E-state index in [4.69, 9.17) is 5.11 Å². The number of aliphatic hydroxyl groups is 1. The van der Waals surface area contributed by atoms with Gasteiger partial charge in [0.1, 0.15) is 0 Å². The van der Waals surface area contributed by atoms with E-state index in [2.05, 4.69) is 37.2 Å². The van der Waals surface area contributed by atoms with Crippen LogP contribution in [-0.2, 0) is 0 Å². The van der Waals surface area contributed by atoms with Crippen molar-refractivity contribution in [3.05, 3.63) is 19.2 Å². The molecule has 0 spiro atoms. The van der Waals surface area contributed by atoms with Crippen LogP contribution in [0.1, 0.15) is 29.4 Å². The van der Waals surface area contributed by atoms with Crippen LogP contribution in [0.4, 0.5) is 0 Å². The number of carbonyl (C=O) groups is 1. The van der Waals surface area contributed by atoms with E-state index in [1.807, 2.05) is 0 Å². The summed E-state index contributed by atoms with van der Waals surface area (Å²) < 4.78 is 1.81. The van der Waals surface area contributed by atoms with Gasteiger partial charge in [0, 0.05) is 11.0 Å². The van der Waals surface area contributed by atoms with Crippen LogP contribution >= 0.6 is 43.2 Å². The molecule has 2 N–H and O–H groups in total. The Bertz CT molecular complexity index is 346. The first-order valence-electron chi connectivity index (χ1n) is 4.92. The molecule has 0 bridgehead atoms. The molecule has 1 unspecified atom stereocenters. The smallest absolute Gasteiger partial charge is 0.261 e. The first-order valence-corrected chi connectivity index (χ1v) is 7.32. The van der Waals surface area contributed by atoms with Crippen LogP contribution < -0.4 is 5.32 Å². The van der Waals surface area contributed by atoms with Gasteiger partial charge in [0.05, 0.1) is 14.8 Å². The summed E-state index contributed by atoms with van der Waals surface area (Å²) in [6.45, 7) is 2.34. The normalized spacial score (nSPS) is 12.5. The molecule has 0 fully saturated rings. The minimum atomic E-state index is -0.304. The van der Waals surface area contributed by atoms with Gasteiger partial charge in [0.2, 0.25) is 0 Å². The summed E-state index contributed by atoms with van der Waals surface area (Å²) in [7, 11) is 0. The van der Waals surface area contributed by atoms with E-state index in [1.54, 1.807) is 13.0 Å². The fourth-order valence-corrected chi connectivity index (χ4v) is 3.10. The molecule has 1 aromatic heterocycles. The Kier molecular flexibility index (Phi) is 5.96. The Morgan fingerprint density at radius 2 is 2.31 bits per heavy atom. The van der Waals surface area contributed by atoms with Crippen LogP contribution in [0.25, 0.3) is 0 Å². The third-order valence-corrected chi connectivity index (χ3v) is 5.21. The lowest BCUT2D eigenvalue weighted by molar-refractivity contribution is 0.0953. The average molecular weight is 371 g/mol. The van der Waals surface area contributed by atoms with Crippen molar-refractivity contribution in [2.75, 3.05) is 6.54 Å². The summed E-state index contributed by atoms with van der Waals surface area (Å²) in [4.78, 5) is 12.3. The van der Waals surface area contributed by atoms with Crippen molar-refractivity contribution >= 4 is 49.1 Å². The number of halogens is 2. The van der Waals surface area contributed by atoms with Gasteiger partial charge in [-0.15, -0.1) is 11.3 Å². The van der Waals surface area contributed by atoms with Gasteiger partial charge >= 0.3 is 0 Å². The molecule has 0 radical (unpaired) electrons. The minimum absolute atomic E-state index is 0.0676. The van der Waals surface area contributed by atoms with Gasteiger partial charge in [0.25, 0.3) is 5.91 Å². The highest BCUT2D eigenvalue weighted by Crippen LogP contribution is 2.32. The SMILES string of the molecule is CC(O)CCCNC(=O)c1cc(Br)c(Br)s1. The maximum Gasteiger partial charge on any atom is 0.261 e. The topological polar surface area (TPSA) is 49.3 Å². The van der Waals surface area contributed by atoms with E-state index in [-0.39, 0.29) is 12.0 Å². The number of nitrogens with one attached hydrogen (secondary N) is 1. The fraction of sp³-hybridized carbons (Fsp3) is 0.500. The Balaban J connectivity index is 2.35. The number of thiophene rings is 1. The van der Waals surface area contributed by atoms with Crippen LogP contribution in [0, 0.1) is 0 Å². The van der Waals surface area contributed by atoms with Gasteiger partial charge < -0.3 is 10.4 Å². The largest absolute Gasteiger partial charge is 0.393 e. The highest BCUT2D eigenvalue weighted by molar-refractivity contribution is 9.13. The standard InChI is InChI=1S/C10H13Br2NO2S/c1-6(14)3-2-4-13-10(15)8-5-7(11)9(12)16-8/h5-6,14H,2-4H2,1H3,(H,13,15). The molecule has 0 aromatic carbocycles. The summed E-state index contributed by atoms with van der Waals surface area (Å²) >= 11 is 8.07. The predicted octanol–water partition coefficient (Wildman–Crippen LogP) is 3.16. The molecule has 6 heteroatoms. The van der Waals surface area contributed by atoms with E-state index < -0.39 is 0 Å². The quantitative estimate of drug-likeness (QED) is 0.782. The van der Waals surface area contributed by atoms with Gasteiger partial charge in [-0.3, -0.25) is 4.79 Å². The van der Waals surface area contributed by atoms with Crippen molar-refractivity contribution in [1.82, 2.24) is 5.32 Å². The number of rotatable bonds is 5. The van der Waals surface area contributed by atoms with Crippen molar-refractivity contribution in [3.8, 4) is 0 Å². The Hall–Kier alpha value is 0.0900. The van der Waals surface area contributed by atoms with Crippen molar-refractivity contribution in [2.24, 2.45) is 0 Å². The van der Waals surface area contributed by atoms with E-state index in [1.165, 1.54) is 11.3 Å². The molecule has 0 aliphatic carbocycles. The molecular formula is C10H13Br2NO2S.